The van der Waals surface area contributed by atoms with Crippen LogP contribution in [0.1, 0.15) is 41.0 Å². The highest BCUT2D eigenvalue weighted by molar-refractivity contribution is 6.31. The predicted octanol–water partition coefficient (Wildman–Crippen LogP) is 5.36. The number of nitrogens with one attached hydrogen (secondary N) is 2. The highest BCUT2D eigenvalue weighted by Gasteiger charge is 2.26. The van der Waals surface area contributed by atoms with Gasteiger partial charge in [0.15, 0.2) is 0 Å². The lowest BCUT2D eigenvalue weighted by Crippen LogP contribution is -2.33. The van der Waals surface area contributed by atoms with Crippen molar-refractivity contribution in [2.75, 3.05) is 25.5 Å². The highest BCUT2D eigenvalue weighted by Crippen LogP contribution is 2.33. The van der Waals surface area contributed by atoms with Crippen molar-refractivity contribution in [3.05, 3.63) is 100 Å². The molecule has 6 rings (SSSR count). The first-order chi connectivity index (χ1) is 18.6. The summed E-state index contributed by atoms with van der Waals surface area (Å²) in [7, 11) is 1.93. The third-order valence-electron chi connectivity index (χ3n) is 6.94. The van der Waals surface area contributed by atoms with E-state index in [2.05, 4.69) is 20.6 Å². The predicted molar refractivity (Wildman–Crippen MR) is 156 cm³/mol. The van der Waals surface area contributed by atoms with Gasteiger partial charge in [-0.15, -0.1) is 0 Å². The summed E-state index contributed by atoms with van der Waals surface area (Å²) in [5.41, 5.74) is 6.52. The van der Waals surface area contributed by atoms with Gasteiger partial charge in [-0.25, -0.2) is 9.97 Å². The molecule has 0 saturated carbocycles. The zero-order chi connectivity index (χ0) is 26.1. The summed E-state index contributed by atoms with van der Waals surface area (Å²) in [5.74, 6) is 0.510. The summed E-state index contributed by atoms with van der Waals surface area (Å²) in [6, 6.07) is 19.3. The smallest absolute Gasteiger partial charge is 0.253 e. The normalized spacial score (nSPS) is 15.9. The largest absolute Gasteiger partial charge is 0.337 e. The maximum Gasteiger partial charge on any atom is 0.253 e. The molecular formula is C30H30ClN7O. The quantitative estimate of drug-likeness (QED) is 0.354. The average Bonchev–Trinajstić information content (AvgIpc) is 3.38. The van der Waals surface area contributed by atoms with Crippen molar-refractivity contribution in [2.45, 2.75) is 26.4 Å². The van der Waals surface area contributed by atoms with Crippen molar-refractivity contribution < 1.29 is 4.79 Å². The van der Waals surface area contributed by atoms with E-state index in [1.165, 1.54) is 0 Å². The minimum absolute atomic E-state index is 0. The van der Waals surface area contributed by atoms with Crippen molar-refractivity contribution >= 4 is 34.9 Å². The molecule has 1 saturated heterocycles. The number of carbonyl (C=O) groups is 1. The first kappa shape index (κ1) is 26.5. The van der Waals surface area contributed by atoms with Crippen molar-refractivity contribution in [3.63, 3.8) is 0 Å². The first-order valence-electron chi connectivity index (χ1n) is 12.5. The monoisotopic (exact) mass is 539 g/mol. The Morgan fingerprint density at radius 2 is 1.90 bits per heavy atom. The van der Waals surface area contributed by atoms with Gasteiger partial charge in [-0.05, 0) is 62.0 Å². The van der Waals surface area contributed by atoms with E-state index in [1.807, 2.05) is 72.6 Å². The van der Waals surface area contributed by atoms with Crippen molar-refractivity contribution in [3.8, 4) is 11.3 Å². The molecule has 9 heteroatoms. The van der Waals surface area contributed by atoms with E-state index in [-0.39, 0.29) is 13.3 Å². The number of carbonyl (C=O) groups excluding carboxylic acids is 1. The molecule has 2 aliphatic rings. The molecule has 0 spiro atoms. The number of nitrogens with zero attached hydrogens (tertiary/aromatic N) is 5. The standard InChI is InChI=1S/C29H26ClN7O.CH4/c1-31-22-11-13-37(17-22)28(38)18-5-8-21(9-6-18)35-29-34-16-19-15-33-27(25-4-2-3-12-32-25)24-14-20(30)7-10-23(24)26(19)36-29;/h2-10,12,14,16,22,31H,11,13,15,17H2,1H3,(H,34,35,36);1H4. The van der Waals surface area contributed by atoms with Crippen LogP contribution in [-0.4, -0.2) is 57.6 Å². The number of likely N-dealkylation sites (tertiary alicyclic amines) is 1. The number of anilines is 2. The zero-order valence-electron chi connectivity index (χ0n) is 20.9. The molecule has 0 bridgehead atoms. The Morgan fingerprint density at radius 3 is 2.64 bits per heavy atom. The van der Waals surface area contributed by atoms with Gasteiger partial charge in [0.25, 0.3) is 5.91 Å². The van der Waals surface area contributed by atoms with E-state index < -0.39 is 0 Å². The van der Waals surface area contributed by atoms with Crippen LogP contribution < -0.4 is 10.6 Å². The number of pyridine rings is 1. The number of fused-ring (bicyclic) bond motifs is 3. The number of amides is 1. The summed E-state index contributed by atoms with van der Waals surface area (Å²) in [4.78, 5) is 33.5. The van der Waals surface area contributed by atoms with Crippen LogP contribution in [0.15, 0.2) is 78.0 Å². The maximum absolute atomic E-state index is 12.9. The molecule has 1 amide bonds. The summed E-state index contributed by atoms with van der Waals surface area (Å²) < 4.78 is 0. The summed E-state index contributed by atoms with van der Waals surface area (Å²) in [6.07, 6.45) is 4.53. The third-order valence-corrected chi connectivity index (χ3v) is 7.18. The van der Waals surface area contributed by atoms with Crippen LogP contribution in [0.2, 0.25) is 5.02 Å². The molecule has 4 heterocycles. The number of benzene rings is 2. The topological polar surface area (TPSA) is 95.4 Å². The Morgan fingerprint density at radius 1 is 1.05 bits per heavy atom. The molecule has 198 valence electrons. The molecule has 1 atom stereocenters. The minimum Gasteiger partial charge on any atom is -0.337 e. The van der Waals surface area contributed by atoms with Gasteiger partial charge in [0.05, 0.1) is 23.6 Å². The lowest BCUT2D eigenvalue weighted by molar-refractivity contribution is 0.0789. The van der Waals surface area contributed by atoms with Gasteiger partial charge in [-0.3, -0.25) is 14.8 Å². The molecule has 2 aromatic heterocycles. The summed E-state index contributed by atoms with van der Waals surface area (Å²) in [5, 5.41) is 7.14. The van der Waals surface area contributed by atoms with Gasteiger partial charge >= 0.3 is 0 Å². The summed E-state index contributed by atoms with van der Waals surface area (Å²) in [6.45, 7) is 1.93. The third kappa shape index (κ3) is 5.39. The second-order valence-electron chi connectivity index (χ2n) is 9.36. The fraction of sp³-hybridized carbons (Fsp3) is 0.233. The van der Waals surface area contributed by atoms with Crippen molar-refractivity contribution in [2.24, 2.45) is 4.99 Å². The van der Waals surface area contributed by atoms with E-state index in [4.69, 9.17) is 21.6 Å². The fourth-order valence-corrected chi connectivity index (χ4v) is 5.07. The Balaban J connectivity index is 0.00000308. The van der Waals surface area contributed by atoms with E-state index >= 15 is 0 Å². The van der Waals surface area contributed by atoms with Gasteiger partial charge in [0.2, 0.25) is 5.95 Å². The average molecular weight is 540 g/mol. The SMILES string of the molecule is C.CNC1CCN(C(=O)c2ccc(Nc3ncc4c(n3)-c3ccc(Cl)cc3C(c3ccccn3)=NC4)cc2)C1. The van der Waals surface area contributed by atoms with E-state index in [0.29, 0.717) is 29.1 Å². The first-order valence-corrected chi connectivity index (χ1v) is 12.9. The Labute approximate surface area is 233 Å². The van der Waals surface area contributed by atoms with Crippen LogP contribution in [-0.2, 0) is 6.54 Å². The van der Waals surface area contributed by atoms with Crippen LogP contribution in [0.3, 0.4) is 0 Å². The lowest BCUT2D eigenvalue weighted by Gasteiger charge is -2.17. The molecular weight excluding hydrogens is 510 g/mol. The van der Waals surface area contributed by atoms with Gasteiger partial charge < -0.3 is 15.5 Å². The lowest BCUT2D eigenvalue weighted by atomic mass is 9.97. The second kappa shape index (κ2) is 11.3. The van der Waals surface area contributed by atoms with Crippen LogP contribution in [0.25, 0.3) is 11.3 Å². The number of aromatic nitrogens is 3. The van der Waals surface area contributed by atoms with Gasteiger partial charge in [0.1, 0.15) is 0 Å². The number of likely N-dealkylation sites (N-methyl/N-ethyl adjacent to an activating group) is 1. The van der Waals surface area contributed by atoms with Crippen molar-refractivity contribution in [1.29, 1.82) is 0 Å². The Hall–Kier alpha value is -4.14. The molecule has 39 heavy (non-hydrogen) atoms. The van der Waals surface area contributed by atoms with Crippen LogP contribution >= 0.6 is 11.6 Å². The van der Waals surface area contributed by atoms with Gasteiger partial charge in [-0.1, -0.05) is 31.2 Å². The number of rotatable bonds is 5. The van der Waals surface area contributed by atoms with E-state index in [0.717, 1.165) is 59.0 Å². The van der Waals surface area contributed by atoms with Gasteiger partial charge in [0, 0.05) is 64.5 Å². The zero-order valence-corrected chi connectivity index (χ0v) is 21.6. The molecule has 4 aromatic rings. The number of hydrogen-bond acceptors (Lipinski definition) is 7. The van der Waals surface area contributed by atoms with E-state index in [9.17, 15) is 4.79 Å². The number of hydrogen-bond donors (Lipinski definition) is 2. The fourth-order valence-electron chi connectivity index (χ4n) is 4.89. The Kier molecular flexibility index (Phi) is 7.67. The molecule has 0 radical (unpaired) electrons. The Bertz CT molecular complexity index is 1520. The molecule has 2 N–H and O–H groups in total. The van der Waals surface area contributed by atoms with Crippen LogP contribution in [0.5, 0.6) is 0 Å². The van der Waals surface area contributed by atoms with Crippen LogP contribution in [0, 0.1) is 0 Å². The molecule has 2 aliphatic heterocycles. The molecule has 2 aromatic carbocycles. The van der Waals surface area contributed by atoms with Crippen molar-refractivity contribution in [1.82, 2.24) is 25.2 Å². The van der Waals surface area contributed by atoms with Crippen LogP contribution in [0.4, 0.5) is 11.6 Å². The maximum atomic E-state index is 12.9. The highest BCUT2D eigenvalue weighted by atomic mass is 35.5. The van der Waals surface area contributed by atoms with E-state index in [1.54, 1.807) is 12.4 Å². The molecule has 1 fully saturated rings. The number of halogens is 1. The molecule has 8 nitrogen and oxygen atoms in total. The summed E-state index contributed by atoms with van der Waals surface area (Å²) >= 11 is 6.39. The molecule has 1 unspecified atom stereocenters. The minimum atomic E-state index is 0. The second-order valence-corrected chi connectivity index (χ2v) is 9.80. The van der Waals surface area contributed by atoms with Gasteiger partial charge in [-0.2, -0.15) is 0 Å². The molecule has 0 aliphatic carbocycles. The number of aliphatic imine (C=N–C) groups is 1.